The highest BCUT2D eigenvalue weighted by Gasteiger charge is 2.08. The normalized spacial score (nSPS) is 10.9. The number of rotatable bonds is 5. The number of aromatic nitrogens is 1. The summed E-state index contributed by atoms with van der Waals surface area (Å²) in [5.41, 5.74) is 0.902. The van der Waals surface area contributed by atoms with Crippen LogP contribution in [0.3, 0.4) is 0 Å². The molecule has 4 nitrogen and oxygen atoms in total. The van der Waals surface area contributed by atoms with Crippen LogP contribution in [0.25, 0.3) is 10.6 Å². The van der Waals surface area contributed by atoms with E-state index in [2.05, 4.69) is 24.1 Å². The van der Waals surface area contributed by atoms with Gasteiger partial charge in [-0.3, -0.25) is 0 Å². The number of aromatic hydroxyl groups is 1. The Kier molecular flexibility index (Phi) is 4.39. The molecule has 1 aromatic heterocycles. The van der Waals surface area contributed by atoms with Gasteiger partial charge in [0.05, 0.1) is 7.11 Å². The predicted octanol–water partition coefficient (Wildman–Crippen LogP) is 3.02. The van der Waals surface area contributed by atoms with Crippen LogP contribution in [0.4, 0.5) is 0 Å². The minimum Gasteiger partial charge on any atom is -0.504 e. The standard InChI is InChI=1S/C14H18N2O2S/c1-9(2)15-7-11-8-16-14(19-11)10-4-5-13(18-3)12(17)6-10/h4-6,8-9,15,17H,7H2,1-3H3. The smallest absolute Gasteiger partial charge is 0.160 e. The second-order valence-electron chi connectivity index (χ2n) is 4.55. The van der Waals surface area contributed by atoms with Crippen LogP contribution >= 0.6 is 11.3 Å². The fourth-order valence-corrected chi connectivity index (χ4v) is 2.51. The molecule has 1 aromatic carbocycles. The van der Waals surface area contributed by atoms with Gasteiger partial charge in [-0.05, 0) is 18.2 Å². The third-order valence-electron chi connectivity index (χ3n) is 2.66. The number of hydrogen-bond acceptors (Lipinski definition) is 5. The van der Waals surface area contributed by atoms with Crippen molar-refractivity contribution in [3.63, 3.8) is 0 Å². The first-order chi connectivity index (χ1) is 9.10. The molecule has 0 unspecified atom stereocenters. The van der Waals surface area contributed by atoms with Gasteiger partial charge in [0.1, 0.15) is 5.01 Å². The van der Waals surface area contributed by atoms with Crippen molar-refractivity contribution < 1.29 is 9.84 Å². The van der Waals surface area contributed by atoms with E-state index in [1.807, 2.05) is 12.3 Å². The van der Waals surface area contributed by atoms with Gasteiger partial charge in [-0.25, -0.2) is 4.98 Å². The number of phenolic OH excluding ortho intramolecular Hbond substituents is 1. The predicted molar refractivity (Wildman–Crippen MR) is 77.7 cm³/mol. The molecule has 0 bridgehead atoms. The number of nitrogens with zero attached hydrogens (tertiary/aromatic N) is 1. The topological polar surface area (TPSA) is 54.4 Å². The number of ether oxygens (including phenoxy) is 1. The van der Waals surface area contributed by atoms with Crippen molar-refractivity contribution in [1.82, 2.24) is 10.3 Å². The van der Waals surface area contributed by atoms with Crippen LogP contribution in [-0.2, 0) is 6.54 Å². The zero-order chi connectivity index (χ0) is 13.8. The highest BCUT2D eigenvalue weighted by Crippen LogP contribution is 2.33. The lowest BCUT2D eigenvalue weighted by atomic mass is 10.2. The molecule has 0 atom stereocenters. The van der Waals surface area contributed by atoms with Crippen LogP contribution in [0.5, 0.6) is 11.5 Å². The average molecular weight is 278 g/mol. The van der Waals surface area contributed by atoms with Gasteiger partial charge in [-0.1, -0.05) is 13.8 Å². The molecule has 0 aliphatic rings. The van der Waals surface area contributed by atoms with Crippen molar-refractivity contribution in [1.29, 1.82) is 0 Å². The van der Waals surface area contributed by atoms with Gasteiger partial charge < -0.3 is 15.2 Å². The van der Waals surface area contributed by atoms with Crippen molar-refractivity contribution in [2.45, 2.75) is 26.4 Å². The Labute approximate surface area is 117 Å². The molecule has 0 aliphatic heterocycles. The molecule has 0 aliphatic carbocycles. The number of benzene rings is 1. The Morgan fingerprint density at radius 2 is 2.21 bits per heavy atom. The van der Waals surface area contributed by atoms with Crippen LogP contribution in [0.15, 0.2) is 24.4 Å². The Morgan fingerprint density at radius 1 is 1.42 bits per heavy atom. The summed E-state index contributed by atoms with van der Waals surface area (Å²) >= 11 is 1.62. The molecule has 0 radical (unpaired) electrons. The summed E-state index contributed by atoms with van der Waals surface area (Å²) in [5, 5.41) is 14.0. The quantitative estimate of drug-likeness (QED) is 0.882. The lowest BCUT2D eigenvalue weighted by molar-refractivity contribution is 0.373. The largest absolute Gasteiger partial charge is 0.504 e. The van der Waals surface area contributed by atoms with Crippen LogP contribution in [0, 0.1) is 0 Å². The van der Waals surface area contributed by atoms with Crippen LogP contribution in [-0.4, -0.2) is 23.2 Å². The van der Waals surface area contributed by atoms with E-state index in [1.165, 1.54) is 12.0 Å². The summed E-state index contributed by atoms with van der Waals surface area (Å²) < 4.78 is 5.03. The molecule has 5 heteroatoms. The summed E-state index contributed by atoms with van der Waals surface area (Å²) in [6.45, 7) is 5.05. The zero-order valence-corrected chi connectivity index (χ0v) is 12.1. The molecule has 2 rings (SSSR count). The minimum absolute atomic E-state index is 0.136. The first-order valence-corrected chi connectivity index (χ1v) is 6.97. The molecule has 2 aromatic rings. The van der Waals surface area contributed by atoms with Gasteiger partial charge in [0.15, 0.2) is 11.5 Å². The molecule has 0 saturated carbocycles. The third kappa shape index (κ3) is 3.45. The molecule has 0 saturated heterocycles. The molecular formula is C14H18N2O2S. The summed E-state index contributed by atoms with van der Waals surface area (Å²) in [6, 6.07) is 5.78. The van der Waals surface area contributed by atoms with Crippen molar-refractivity contribution in [3.8, 4) is 22.1 Å². The Morgan fingerprint density at radius 3 is 2.84 bits per heavy atom. The average Bonchev–Trinajstić information content (AvgIpc) is 2.85. The van der Waals surface area contributed by atoms with E-state index in [-0.39, 0.29) is 5.75 Å². The SMILES string of the molecule is COc1ccc(-c2ncc(CNC(C)C)s2)cc1O. The van der Waals surface area contributed by atoms with E-state index < -0.39 is 0 Å². The molecule has 1 heterocycles. The fraction of sp³-hybridized carbons (Fsp3) is 0.357. The second kappa shape index (κ2) is 6.04. The molecule has 19 heavy (non-hydrogen) atoms. The van der Waals surface area contributed by atoms with Crippen molar-refractivity contribution in [2.24, 2.45) is 0 Å². The van der Waals surface area contributed by atoms with E-state index in [0.717, 1.165) is 17.1 Å². The first-order valence-electron chi connectivity index (χ1n) is 6.15. The number of thiazole rings is 1. The molecular weight excluding hydrogens is 260 g/mol. The third-order valence-corrected chi connectivity index (χ3v) is 3.71. The van der Waals surface area contributed by atoms with Gasteiger partial charge in [0.2, 0.25) is 0 Å². The minimum atomic E-state index is 0.136. The van der Waals surface area contributed by atoms with Crippen molar-refractivity contribution in [2.75, 3.05) is 7.11 Å². The van der Waals surface area contributed by atoms with E-state index in [1.54, 1.807) is 23.5 Å². The first kappa shape index (κ1) is 13.8. The van der Waals surface area contributed by atoms with E-state index in [9.17, 15) is 5.11 Å². The van der Waals surface area contributed by atoms with E-state index >= 15 is 0 Å². The van der Waals surface area contributed by atoms with Gasteiger partial charge in [-0.15, -0.1) is 11.3 Å². The maximum Gasteiger partial charge on any atom is 0.160 e. The maximum atomic E-state index is 9.78. The Balaban J connectivity index is 2.16. The van der Waals surface area contributed by atoms with E-state index in [4.69, 9.17) is 4.74 Å². The Bertz CT molecular complexity index is 552. The summed E-state index contributed by atoms with van der Waals surface area (Å²) in [7, 11) is 1.54. The molecule has 0 spiro atoms. The van der Waals surface area contributed by atoms with E-state index in [0.29, 0.717) is 11.8 Å². The molecule has 102 valence electrons. The lowest BCUT2D eigenvalue weighted by Gasteiger charge is -2.05. The molecule has 2 N–H and O–H groups in total. The zero-order valence-electron chi connectivity index (χ0n) is 11.3. The van der Waals surface area contributed by atoms with Gasteiger partial charge in [-0.2, -0.15) is 0 Å². The van der Waals surface area contributed by atoms with Gasteiger partial charge in [0, 0.05) is 29.2 Å². The van der Waals surface area contributed by atoms with Crippen LogP contribution in [0.1, 0.15) is 18.7 Å². The molecule has 0 amide bonds. The molecule has 0 fully saturated rings. The monoisotopic (exact) mass is 278 g/mol. The van der Waals surface area contributed by atoms with Crippen molar-refractivity contribution >= 4 is 11.3 Å². The summed E-state index contributed by atoms with van der Waals surface area (Å²) in [6.07, 6.45) is 1.87. The summed E-state index contributed by atoms with van der Waals surface area (Å²) in [4.78, 5) is 5.57. The number of phenols is 1. The van der Waals surface area contributed by atoms with Gasteiger partial charge in [0.25, 0.3) is 0 Å². The van der Waals surface area contributed by atoms with Crippen molar-refractivity contribution in [3.05, 3.63) is 29.3 Å². The Hall–Kier alpha value is -1.59. The maximum absolute atomic E-state index is 9.78. The lowest BCUT2D eigenvalue weighted by Crippen LogP contribution is -2.21. The highest BCUT2D eigenvalue weighted by atomic mass is 32.1. The second-order valence-corrected chi connectivity index (χ2v) is 5.67. The van der Waals surface area contributed by atoms with Crippen LogP contribution in [0.2, 0.25) is 0 Å². The summed E-state index contributed by atoms with van der Waals surface area (Å²) in [5.74, 6) is 0.610. The number of methoxy groups -OCH3 is 1. The number of hydrogen-bond donors (Lipinski definition) is 2. The highest BCUT2D eigenvalue weighted by molar-refractivity contribution is 7.15. The number of nitrogens with one attached hydrogen (secondary N) is 1. The van der Waals surface area contributed by atoms with Crippen LogP contribution < -0.4 is 10.1 Å². The fourth-order valence-electron chi connectivity index (χ4n) is 1.65. The van der Waals surface area contributed by atoms with Gasteiger partial charge >= 0.3 is 0 Å².